The molecule has 1 aliphatic heterocycles. The molecule has 3 fully saturated rings. The number of morpholine rings is 1. The van der Waals surface area contributed by atoms with E-state index in [0.29, 0.717) is 6.04 Å². The molecule has 1 aromatic rings. The largest absolute Gasteiger partial charge is 0.472 e. The molecule has 0 spiro atoms. The van der Waals surface area contributed by atoms with Crippen LogP contribution in [0.3, 0.4) is 0 Å². The molecule has 0 amide bonds. The third-order valence-electron chi connectivity index (χ3n) is 4.75. The fraction of sp³-hybridized carbons (Fsp3) is 0.688. The summed E-state index contributed by atoms with van der Waals surface area (Å²) in [6, 6.07) is 6.37. The lowest BCUT2D eigenvalue weighted by Crippen LogP contribution is -2.52. The van der Waals surface area contributed by atoms with E-state index in [2.05, 4.69) is 9.88 Å². The molecule has 1 aromatic heterocycles. The Kier molecular flexibility index (Phi) is 3.36. The zero-order valence-electron chi connectivity index (χ0n) is 11.8. The van der Waals surface area contributed by atoms with Gasteiger partial charge in [0, 0.05) is 31.4 Å². The highest BCUT2D eigenvalue weighted by molar-refractivity contribution is 5.11. The first-order chi connectivity index (χ1) is 9.90. The maximum atomic E-state index is 6.05. The molecule has 3 atom stereocenters. The zero-order chi connectivity index (χ0) is 13.4. The number of hydrogen-bond acceptors (Lipinski definition) is 4. The van der Waals surface area contributed by atoms with E-state index >= 15 is 0 Å². The van der Waals surface area contributed by atoms with Crippen molar-refractivity contribution in [1.29, 1.82) is 0 Å². The molecule has 4 nitrogen and oxygen atoms in total. The second kappa shape index (κ2) is 5.34. The van der Waals surface area contributed by atoms with Gasteiger partial charge in [-0.1, -0.05) is 6.07 Å². The first-order valence-corrected chi connectivity index (χ1v) is 7.83. The molecular formula is C16H22N2O2. The van der Waals surface area contributed by atoms with Crippen molar-refractivity contribution in [3.63, 3.8) is 0 Å². The number of fused-ring (bicyclic) bond motifs is 1. The lowest BCUT2D eigenvalue weighted by molar-refractivity contribution is -0.0906. The van der Waals surface area contributed by atoms with Crippen LogP contribution < -0.4 is 4.74 Å². The summed E-state index contributed by atoms with van der Waals surface area (Å²) < 4.78 is 12.1. The van der Waals surface area contributed by atoms with Crippen molar-refractivity contribution in [2.45, 2.75) is 43.9 Å². The lowest BCUT2D eigenvalue weighted by Gasteiger charge is -2.39. The maximum absolute atomic E-state index is 6.05. The van der Waals surface area contributed by atoms with E-state index in [1.54, 1.807) is 6.20 Å². The second-order valence-electron chi connectivity index (χ2n) is 6.24. The van der Waals surface area contributed by atoms with E-state index in [1.807, 2.05) is 18.2 Å². The van der Waals surface area contributed by atoms with Crippen LogP contribution in [0.2, 0.25) is 0 Å². The molecule has 0 radical (unpaired) electrons. The van der Waals surface area contributed by atoms with Crippen molar-refractivity contribution in [2.24, 2.45) is 5.92 Å². The van der Waals surface area contributed by atoms with Crippen LogP contribution in [0.25, 0.3) is 0 Å². The Morgan fingerprint density at radius 2 is 2.20 bits per heavy atom. The van der Waals surface area contributed by atoms with E-state index in [4.69, 9.17) is 9.47 Å². The molecule has 0 unspecified atom stereocenters. The molecule has 3 aliphatic rings. The van der Waals surface area contributed by atoms with Crippen LogP contribution in [-0.4, -0.2) is 47.8 Å². The number of hydrogen-bond donors (Lipinski definition) is 0. The van der Waals surface area contributed by atoms with Crippen molar-refractivity contribution < 1.29 is 9.47 Å². The summed E-state index contributed by atoms with van der Waals surface area (Å²) >= 11 is 0. The van der Waals surface area contributed by atoms with Gasteiger partial charge in [-0.2, -0.15) is 0 Å². The normalized spacial score (nSPS) is 33.9. The number of rotatable bonds is 4. The second-order valence-corrected chi connectivity index (χ2v) is 6.24. The highest BCUT2D eigenvalue weighted by atomic mass is 16.5. The molecule has 1 saturated heterocycles. The van der Waals surface area contributed by atoms with Gasteiger partial charge in [-0.25, -0.2) is 4.98 Å². The number of pyridine rings is 1. The van der Waals surface area contributed by atoms with E-state index in [0.717, 1.165) is 31.4 Å². The minimum atomic E-state index is 0.164. The van der Waals surface area contributed by atoms with E-state index < -0.39 is 0 Å². The van der Waals surface area contributed by atoms with E-state index in [-0.39, 0.29) is 12.2 Å². The SMILES string of the molecule is c1ccc(O[C@@H]2CC[C@H]3[C@H]2OCCN3CC2CC2)nc1. The monoisotopic (exact) mass is 274 g/mol. The van der Waals surface area contributed by atoms with Crippen LogP contribution >= 0.6 is 0 Å². The molecule has 2 aliphatic carbocycles. The predicted molar refractivity (Wildman–Crippen MR) is 75.7 cm³/mol. The molecule has 4 rings (SSSR count). The standard InChI is InChI=1S/C16H22N2O2/c1-2-8-17-15(3-1)20-14-7-6-13-16(14)19-10-9-18(13)11-12-4-5-12/h1-3,8,12-14,16H,4-7,9-11H2/t13-,14+,16+/m0/s1. The maximum Gasteiger partial charge on any atom is 0.213 e. The number of aromatic nitrogens is 1. The Labute approximate surface area is 120 Å². The minimum absolute atomic E-state index is 0.164. The summed E-state index contributed by atoms with van der Waals surface area (Å²) in [7, 11) is 0. The molecule has 0 aromatic carbocycles. The Bertz CT molecular complexity index is 449. The number of ether oxygens (including phenoxy) is 2. The third-order valence-corrected chi connectivity index (χ3v) is 4.75. The molecular weight excluding hydrogens is 252 g/mol. The summed E-state index contributed by atoms with van der Waals surface area (Å²) in [4.78, 5) is 6.91. The zero-order valence-corrected chi connectivity index (χ0v) is 11.8. The van der Waals surface area contributed by atoms with Gasteiger partial charge < -0.3 is 9.47 Å². The molecule has 0 bridgehead atoms. The average Bonchev–Trinajstić information content (AvgIpc) is 3.21. The van der Waals surface area contributed by atoms with Gasteiger partial charge in [-0.15, -0.1) is 0 Å². The van der Waals surface area contributed by atoms with Crippen molar-refractivity contribution in [1.82, 2.24) is 9.88 Å². The molecule has 4 heteroatoms. The van der Waals surface area contributed by atoms with E-state index in [1.165, 1.54) is 25.8 Å². The third kappa shape index (κ3) is 2.54. The van der Waals surface area contributed by atoms with Crippen molar-refractivity contribution in [3.05, 3.63) is 24.4 Å². The summed E-state index contributed by atoms with van der Waals surface area (Å²) in [6.45, 7) is 3.20. The van der Waals surface area contributed by atoms with Crippen molar-refractivity contribution in [3.8, 4) is 5.88 Å². The van der Waals surface area contributed by atoms with Crippen LogP contribution in [0, 0.1) is 5.92 Å². The van der Waals surface area contributed by atoms with Gasteiger partial charge in [0.1, 0.15) is 12.2 Å². The van der Waals surface area contributed by atoms with Crippen LogP contribution in [0.15, 0.2) is 24.4 Å². The summed E-state index contributed by atoms with van der Waals surface area (Å²) in [5, 5.41) is 0. The first-order valence-electron chi connectivity index (χ1n) is 7.83. The summed E-state index contributed by atoms with van der Waals surface area (Å²) in [6.07, 6.45) is 7.28. The highest BCUT2D eigenvalue weighted by Gasteiger charge is 2.45. The average molecular weight is 274 g/mol. The van der Waals surface area contributed by atoms with Crippen LogP contribution in [0.1, 0.15) is 25.7 Å². The fourth-order valence-corrected chi connectivity index (χ4v) is 3.55. The van der Waals surface area contributed by atoms with E-state index in [9.17, 15) is 0 Å². The molecule has 0 N–H and O–H groups in total. The fourth-order valence-electron chi connectivity index (χ4n) is 3.55. The Morgan fingerprint density at radius 1 is 1.25 bits per heavy atom. The van der Waals surface area contributed by atoms with Gasteiger partial charge in [0.2, 0.25) is 5.88 Å². The molecule has 2 heterocycles. The van der Waals surface area contributed by atoms with Crippen LogP contribution in [0.5, 0.6) is 5.88 Å². The Hall–Kier alpha value is -1.13. The van der Waals surface area contributed by atoms with Crippen molar-refractivity contribution >= 4 is 0 Å². The van der Waals surface area contributed by atoms with Crippen molar-refractivity contribution in [2.75, 3.05) is 19.7 Å². The summed E-state index contributed by atoms with van der Waals surface area (Å²) in [5.74, 6) is 1.67. The Balaban J connectivity index is 1.42. The molecule has 2 saturated carbocycles. The quantitative estimate of drug-likeness (QED) is 0.842. The minimum Gasteiger partial charge on any atom is -0.472 e. The van der Waals surface area contributed by atoms with Crippen LogP contribution in [-0.2, 0) is 4.74 Å². The van der Waals surface area contributed by atoms with Gasteiger partial charge >= 0.3 is 0 Å². The Morgan fingerprint density at radius 3 is 3.00 bits per heavy atom. The van der Waals surface area contributed by atoms with Gasteiger partial charge in [-0.05, 0) is 37.7 Å². The van der Waals surface area contributed by atoms with Crippen LogP contribution in [0.4, 0.5) is 0 Å². The first kappa shape index (κ1) is 12.6. The topological polar surface area (TPSA) is 34.6 Å². The van der Waals surface area contributed by atoms with Gasteiger partial charge in [0.15, 0.2) is 0 Å². The lowest BCUT2D eigenvalue weighted by atomic mass is 10.1. The smallest absolute Gasteiger partial charge is 0.213 e. The highest BCUT2D eigenvalue weighted by Crippen LogP contribution is 2.36. The predicted octanol–water partition coefficient (Wildman–Crippen LogP) is 2.10. The summed E-state index contributed by atoms with van der Waals surface area (Å²) in [5.41, 5.74) is 0. The molecule has 108 valence electrons. The molecule has 20 heavy (non-hydrogen) atoms. The number of nitrogens with zero attached hydrogens (tertiary/aromatic N) is 2. The van der Waals surface area contributed by atoms with Gasteiger partial charge in [0.25, 0.3) is 0 Å². The van der Waals surface area contributed by atoms with Gasteiger partial charge in [0.05, 0.1) is 6.61 Å². The van der Waals surface area contributed by atoms with Gasteiger partial charge in [-0.3, -0.25) is 4.90 Å².